The van der Waals surface area contributed by atoms with Crippen molar-refractivity contribution in [1.82, 2.24) is 15.2 Å². The van der Waals surface area contributed by atoms with E-state index in [1.165, 1.54) is 5.69 Å². The summed E-state index contributed by atoms with van der Waals surface area (Å²) >= 11 is 0. The zero-order valence-electron chi connectivity index (χ0n) is 9.49. The Morgan fingerprint density at radius 2 is 2.44 bits per heavy atom. The van der Waals surface area contributed by atoms with Gasteiger partial charge in [0.05, 0.1) is 6.54 Å². The summed E-state index contributed by atoms with van der Waals surface area (Å²) in [5.41, 5.74) is 1.20. The third-order valence-electron chi connectivity index (χ3n) is 2.27. The third-order valence-corrected chi connectivity index (χ3v) is 2.27. The van der Waals surface area contributed by atoms with Crippen LogP contribution in [0.15, 0.2) is 18.3 Å². The number of aromatic nitrogens is 1. The lowest BCUT2D eigenvalue weighted by Crippen LogP contribution is -2.27. The minimum atomic E-state index is -0.0164. The number of nitrogens with one attached hydrogen (secondary N) is 2. The molecule has 2 N–H and O–H groups in total. The second-order valence-corrected chi connectivity index (χ2v) is 3.52. The number of carbonyl (C=O) groups is 1. The molecule has 0 aliphatic heterocycles. The summed E-state index contributed by atoms with van der Waals surface area (Å²) in [4.78, 5) is 11.2. The quantitative estimate of drug-likeness (QED) is 0.532. The van der Waals surface area contributed by atoms with Crippen LogP contribution in [0.25, 0.3) is 0 Å². The van der Waals surface area contributed by atoms with E-state index in [0.29, 0.717) is 19.5 Å². The molecule has 1 aromatic rings. The highest BCUT2D eigenvalue weighted by molar-refractivity contribution is 5.76. The molecule has 0 saturated heterocycles. The summed E-state index contributed by atoms with van der Waals surface area (Å²) < 4.78 is 2.05. The first kappa shape index (κ1) is 12.3. The summed E-state index contributed by atoms with van der Waals surface area (Å²) in [5, 5.41) is 5.82. The van der Waals surface area contributed by atoms with Crippen molar-refractivity contribution in [3.63, 3.8) is 0 Å². The number of hydrogen-bond donors (Lipinski definition) is 2. The van der Waals surface area contributed by atoms with E-state index in [4.69, 9.17) is 6.42 Å². The number of aryl methyl sites for hydroxylation is 1. The Bertz CT molecular complexity index is 376. The van der Waals surface area contributed by atoms with Crippen LogP contribution in [0.3, 0.4) is 0 Å². The van der Waals surface area contributed by atoms with Crippen molar-refractivity contribution in [2.24, 2.45) is 7.05 Å². The number of terminal acetylenes is 1. The standard InChI is InChI=1S/C12H17N3O/c1-3-7-14-12(16)6-8-13-10-11-5-4-9-15(11)2/h1,4-5,9,13H,6-8,10H2,2H3,(H,14,16). The Kier molecular flexibility index (Phi) is 5.17. The molecule has 0 spiro atoms. The molecule has 1 heterocycles. The number of rotatable bonds is 6. The lowest BCUT2D eigenvalue weighted by Gasteiger charge is -2.05. The van der Waals surface area contributed by atoms with Crippen molar-refractivity contribution < 1.29 is 4.79 Å². The highest BCUT2D eigenvalue weighted by Gasteiger charge is 2.00. The van der Waals surface area contributed by atoms with Crippen LogP contribution in [-0.4, -0.2) is 23.6 Å². The molecule has 0 aliphatic rings. The Balaban J connectivity index is 2.11. The zero-order valence-corrected chi connectivity index (χ0v) is 9.49. The van der Waals surface area contributed by atoms with E-state index < -0.39 is 0 Å². The Morgan fingerprint density at radius 1 is 1.62 bits per heavy atom. The van der Waals surface area contributed by atoms with Gasteiger partial charge < -0.3 is 15.2 Å². The molecule has 0 atom stereocenters. The number of carbonyl (C=O) groups excluding carboxylic acids is 1. The van der Waals surface area contributed by atoms with E-state index in [1.807, 2.05) is 29.9 Å². The highest BCUT2D eigenvalue weighted by Crippen LogP contribution is 1.97. The van der Waals surface area contributed by atoms with Gasteiger partial charge in [0, 0.05) is 38.4 Å². The molecule has 0 unspecified atom stereocenters. The fourth-order valence-electron chi connectivity index (χ4n) is 1.34. The first-order valence-corrected chi connectivity index (χ1v) is 5.25. The summed E-state index contributed by atoms with van der Waals surface area (Å²) in [6, 6.07) is 4.04. The topological polar surface area (TPSA) is 46.1 Å². The van der Waals surface area contributed by atoms with Gasteiger partial charge >= 0.3 is 0 Å². The van der Waals surface area contributed by atoms with E-state index in [9.17, 15) is 4.79 Å². The Labute approximate surface area is 96.0 Å². The minimum absolute atomic E-state index is 0.0164. The van der Waals surface area contributed by atoms with Crippen molar-refractivity contribution in [2.75, 3.05) is 13.1 Å². The molecule has 0 aliphatic carbocycles. The molecule has 0 bridgehead atoms. The number of hydrogen-bond acceptors (Lipinski definition) is 2. The van der Waals surface area contributed by atoms with E-state index >= 15 is 0 Å². The van der Waals surface area contributed by atoms with Crippen LogP contribution in [-0.2, 0) is 18.4 Å². The van der Waals surface area contributed by atoms with Crippen molar-refractivity contribution >= 4 is 5.91 Å². The zero-order chi connectivity index (χ0) is 11.8. The molecule has 4 nitrogen and oxygen atoms in total. The largest absolute Gasteiger partial charge is 0.353 e. The van der Waals surface area contributed by atoms with Crippen molar-refractivity contribution in [2.45, 2.75) is 13.0 Å². The lowest BCUT2D eigenvalue weighted by molar-refractivity contribution is -0.120. The van der Waals surface area contributed by atoms with Crippen LogP contribution in [0.4, 0.5) is 0 Å². The van der Waals surface area contributed by atoms with E-state index in [1.54, 1.807) is 0 Å². The van der Waals surface area contributed by atoms with Crippen LogP contribution < -0.4 is 10.6 Å². The van der Waals surface area contributed by atoms with Crippen molar-refractivity contribution in [3.8, 4) is 12.3 Å². The van der Waals surface area contributed by atoms with Crippen LogP contribution in [0.5, 0.6) is 0 Å². The highest BCUT2D eigenvalue weighted by atomic mass is 16.1. The van der Waals surface area contributed by atoms with Crippen LogP contribution in [0.1, 0.15) is 12.1 Å². The lowest BCUT2D eigenvalue weighted by atomic mass is 10.3. The predicted octanol–water partition coefficient (Wildman–Crippen LogP) is 0.254. The fraction of sp³-hybridized carbons (Fsp3) is 0.417. The van der Waals surface area contributed by atoms with Gasteiger partial charge in [0.25, 0.3) is 0 Å². The summed E-state index contributed by atoms with van der Waals surface area (Å²) in [5.74, 6) is 2.35. The van der Waals surface area contributed by atoms with Crippen molar-refractivity contribution in [3.05, 3.63) is 24.0 Å². The Hall–Kier alpha value is -1.73. The molecule has 0 aromatic carbocycles. The van der Waals surface area contributed by atoms with Gasteiger partial charge in [-0.1, -0.05) is 5.92 Å². The van der Waals surface area contributed by atoms with Gasteiger partial charge in [-0.25, -0.2) is 0 Å². The van der Waals surface area contributed by atoms with Gasteiger partial charge in [-0.15, -0.1) is 6.42 Å². The predicted molar refractivity (Wildman–Crippen MR) is 63.6 cm³/mol. The van der Waals surface area contributed by atoms with E-state index in [0.717, 1.165) is 6.54 Å². The maximum absolute atomic E-state index is 11.2. The minimum Gasteiger partial charge on any atom is -0.353 e. The van der Waals surface area contributed by atoms with Crippen LogP contribution in [0, 0.1) is 12.3 Å². The van der Waals surface area contributed by atoms with Gasteiger partial charge in [-0.3, -0.25) is 4.79 Å². The molecule has 86 valence electrons. The summed E-state index contributed by atoms with van der Waals surface area (Å²) in [6.07, 6.45) is 7.48. The molecule has 0 radical (unpaired) electrons. The molecule has 16 heavy (non-hydrogen) atoms. The van der Waals surface area contributed by atoms with Gasteiger partial charge in [0.15, 0.2) is 0 Å². The first-order chi connectivity index (χ1) is 7.74. The monoisotopic (exact) mass is 219 g/mol. The molecule has 1 rings (SSSR count). The SMILES string of the molecule is C#CCNC(=O)CCNCc1cccn1C. The van der Waals surface area contributed by atoms with Crippen molar-refractivity contribution in [1.29, 1.82) is 0 Å². The fourth-order valence-corrected chi connectivity index (χ4v) is 1.34. The molecule has 0 saturated carbocycles. The normalized spacial score (nSPS) is 9.75. The smallest absolute Gasteiger partial charge is 0.222 e. The third kappa shape index (κ3) is 4.20. The maximum Gasteiger partial charge on any atom is 0.222 e. The second kappa shape index (κ2) is 6.70. The van der Waals surface area contributed by atoms with Gasteiger partial charge in [0.2, 0.25) is 5.91 Å². The Morgan fingerprint density at radius 3 is 3.06 bits per heavy atom. The number of nitrogens with zero attached hydrogens (tertiary/aromatic N) is 1. The average Bonchev–Trinajstić information content (AvgIpc) is 2.67. The number of amides is 1. The molecule has 1 amide bonds. The molecule has 4 heteroatoms. The van der Waals surface area contributed by atoms with Gasteiger partial charge in [-0.2, -0.15) is 0 Å². The maximum atomic E-state index is 11.2. The first-order valence-electron chi connectivity index (χ1n) is 5.25. The van der Waals surface area contributed by atoms with E-state index in [-0.39, 0.29) is 5.91 Å². The average molecular weight is 219 g/mol. The van der Waals surface area contributed by atoms with Gasteiger partial charge in [-0.05, 0) is 12.1 Å². The molecular formula is C12H17N3O. The van der Waals surface area contributed by atoms with Gasteiger partial charge in [0.1, 0.15) is 0 Å². The summed E-state index contributed by atoms with van der Waals surface area (Å²) in [7, 11) is 2.00. The van der Waals surface area contributed by atoms with Crippen LogP contribution in [0.2, 0.25) is 0 Å². The van der Waals surface area contributed by atoms with E-state index in [2.05, 4.69) is 16.6 Å². The van der Waals surface area contributed by atoms with Crippen LogP contribution >= 0.6 is 0 Å². The second-order valence-electron chi connectivity index (χ2n) is 3.52. The molecule has 0 fully saturated rings. The molecular weight excluding hydrogens is 202 g/mol. The molecule has 1 aromatic heterocycles. The summed E-state index contributed by atoms with van der Waals surface area (Å²) in [6.45, 7) is 1.73.